The SMILES string of the molecule is COCCCNC(=NCc1ccc([N+](=O)[O-])cc1)NC1CCOc2ccccc21.I. The maximum absolute atomic E-state index is 10.8. The molecule has 1 aliphatic heterocycles. The van der Waals surface area contributed by atoms with Crippen molar-refractivity contribution in [3.05, 3.63) is 69.8 Å². The van der Waals surface area contributed by atoms with Gasteiger partial charge in [0.25, 0.3) is 5.69 Å². The standard InChI is InChI=1S/C21H26N4O4.HI/c1-28-13-4-12-22-21(23-15-16-7-9-17(10-8-16)25(26)27)24-19-11-14-29-20-6-3-2-5-18(19)20;/h2-3,5-10,19H,4,11-15H2,1H3,(H2,22,23,24);1H. The predicted octanol–water partition coefficient (Wildman–Crippen LogP) is 3.81. The third kappa shape index (κ3) is 6.84. The Balaban J connectivity index is 0.00000320. The lowest BCUT2D eigenvalue weighted by molar-refractivity contribution is -0.384. The molecule has 0 saturated carbocycles. The molecule has 8 nitrogen and oxygen atoms in total. The number of guanidine groups is 1. The van der Waals surface area contributed by atoms with Gasteiger partial charge in [-0.05, 0) is 18.1 Å². The topological polar surface area (TPSA) is 98.0 Å². The molecule has 0 bridgehead atoms. The van der Waals surface area contributed by atoms with E-state index in [2.05, 4.69) is 21.7 Å². The molecule has 1 aliphatic rings. The zero-order valence-electron chi connectivity index (χ0n) is 16.9. The summed E-state index contributed by atoms with van der Waals surface area (Å²) >= 11 is 0. The van der Waals surface area contributed by atoms with Crippen molar-refractivity contribution >= 4 is 35.6 Å². The first-order valence-corrected chi connectivity index (χ1v) is 9.66. The monoisotopic (exact) mass is 526 g/mol. The number of non-ortho nitro benzene ring substituents is 1. The summed E-state index contributed by atoms with van der Waals surface area (Å²) in [7, 11) is 1.68. The minimum Gasteiger partial charge on any atom is -0.493 e. The largest absolute Gasteiger partial charge is 0.493 e. The second-order valence-corrected chi connectivity index (χ2v) is 6.73. The number of fused-ring (bicyclic) bond motifs is 1. The average molecular weight is 526 g/mol. The third-order valence-electron chi connectivity index (χ3n) is 4.65. The molecule has 0 saturated heterocycles. The van der Waals surface area contributed by atoms with Crippen LogP contribution < -0.4 is 15.4 Å². The molecular formula is C21H27IN4O4. The molecule has 2 aromatic rings. The number of nitrogens with one attached hydrogen (secondary N) is 2. The maximum atomic E-state index is 10.8. The number of aliphatic imine (C=N–C) groups is 1. The summed E-state index contributed by atoms with van der Waals surface area (Å²) in [6.45, 7) is 2.46. The van der Waals surface area contributed by atoms with Crippen LogP contribution in [-0.4, -0.2) is 37.8 Å². The van der Waals surface area contributed by atoms with E-state index in [1.54, 1.807) is 19.2 Å². The van der Waals surface area contributed by atoms with Gasteiger partial charge in [0.15, 0.2) is 5.96 Å². The van der Waals surface area contributed by atoms with Gasteiger partial charge in [-0.25, -0.2) is 4.99 Å². The predicted molar refractivity (Wildman–Crippen MR) is 127 cm³/mol. The Morgan fingerprint density at radius 3 is 2.77 bits per heavy atom. The van der Waals surface area contributed by atoms with E-state index < -0.39 is 4.92 Å². The zero-order chi connectivity index (χ0) is 20.5. The average Bonchev–Trinajstić information content (AvgIpc) is 2.75. The van der Waals surface area contributed by atoms with E-state index in [1.807, 2.05) is 18.2 Å². The summed E-state index contributed by atoms with van der Waals surface area (Å²) < 4.78 is 10.8. The number of hydrogen-bond acceptors (Lipinski definition) is 5. The molecule has 1 atom stereocenters. The molecule has 9 heteroatoms. The third-order valence-corrected chi connectivity index (χ3v) is 4.65. The molecule has 162 valence electrons. The van der Waals surface area contributed by atoms with E-state index >= 15 is 0 Å². The summed E-state index contributed by atoms with van der Waals surface area (Å²) in [6.07, 6.45) is 1.70. The van der Waals surface area contributed by atoms with Gasteiger partial charge < -0.3 is 20.1 Å². The lowest BCUT2D eigenvalue weighted by atomic mass is 10.0. The van der Waals surface area contributed by atoms with Gasteiger partial charge in [0, 0.05) is 44.4 Å². The maximum Gasteiger partial charge on any atom is 0.269 e. The number of nitro groups is 1. The summed E-state index contributed by atoms with van der Waals surface area (Å²) in [4.78, 5) is 15.1. The number of halogens is 1. The van der Waals surface area contributed by atoms with Crippen molar-refractivity contribution in [2.24, 2.45) is 4.99 Å². The van der Waals surface area contributed by atoms with Gasteiger partial charge in [0.05, 0.1) is 24.1 Å². The Hall–Kier alpha value is -2.40. The summed E-state index contributed by atoms with van der Waals surface area (Å²) in [6, 6.07) is 14.6. The molecule has 30 heavy (non-hydrogen) atoms. The summed E-state index contributed by atoms with van der Waals surface area (Å²) in [5.74, 6) is 1.59. The number of benzene rings is 2. The number of ether oxygens (including phenoxy) is 2. The highest BCUT2D eigenvalue weighted by atomic mass is 127. The Bertz CT molecular complexity index is 845. The van der Waals surface area contributed by atoms with Crippen LogP contribution in [-0.2, 0) is 11.3 Å². The first-order valence-electron chi connectivity index (χ1n) is 9.66. The van der Waals surface area contributed by atoms with Crippen molar-refractivity contribution in [1.82, 2.24) is 10.6 Å². The fraction of sp³-hybridized carbons (Fsp3) is 0.381. The Morgan fingerprint density at radius 1 is 1.27 bits per heavy atom. The second-order valence-electron chi connectivity index (χ2n) is 6.73. The van der Waals surface area contributed by atoms with Gasteiger partial charge in [-0.2, -0.15) is 0 Å². The van der Waals surface area contributed by atoms with Crippen LogP contribution in [0, 0.1) is 10.1 Å². The highest BCUT2D eigenvalue weighted by Crippen LogP contribution is 2.31. The van der Waals surface area contributed by atoms with E-state index in [0.717, 1.165) is 36.3 Å². The molecule has 3 rings (SSSR count). The molecule has 0 aromatic heterocycles. The quantitative estimate of drug-likeness (QED) is 0.136. The van der Waals surface area contributed by atoms with Gasteiger partial charge in [0.1, 0.15) is 5.75 Å². The van der Waals surface area contributed by atoms with Gasteiger partial charge in [-0.1, -0.05) is 30.3 Å². The fourth-order valence-electron chi connectivity index (χ4n) is 3.13. The molecule has 2 aromatic carbocycles. The van der Waals surface area contributed by atoms with Crippen molar-refractivity contribution in [2.75, 3.05) is 26.9 Å². The highest BCUT2D eigenvalue weighted by molar-refractivity contribution is 14.0. The second kappa shape index (κ2) is 12.3. The minimum absolute atomic E-state index is 0. The number of rotatable bonds is 8. The van der Waals surface area contributed by atoms with E-state index in [4.69, 9.17) is 9.47 Å². The van der Waals surface area contributed by atoms with E-state index in [0.29, 0.717) is 25.7 Å². The lowest BCUT2D eigenvalue weighted by Crippen LogP contribution is -2.41. The van der Waals surface area contributed by atoms with Gasteiger partial charge in [0.2, 0.25) is 0 Å². The number of nitrogens with zero attached hydrogens (tertiary/aromatic N) is 2. The fourth-order valence-corrected chi connectivity index (χ4v) is 3.13. The number of para-hydroxylation sites is 1. The van der Waals surface area contributed by atoms with Crippen LogP contribution in [0.4, 0.5) is 5.69 Å². The Kier molecular flexibility index (Phi) is 9.81. The van der Waals surface area contributed by atoms with Crippen LogP contribution in [0.2, 0.25) is 0 Å². The summed E-state index contributed by atoms with van der Waals surface area (Å²) in [5, 5.41) is 17.7. The molecule has 0 aliphatic carbocycles. The molecule has 1 unspecified atom stereocenters. The number of hydrogen-bond donors (Lipinski definition) is 2. The zero-order valence-corrected chi connectivity index (χ0v) is 19.2. The molecule has 1 heterocycles. The van der Waals surface area contributed by atoms with E-state index in [9.17, 15) is 10.1 Å². The normalized spacial score (nSPS) is 15.4. The van der Waals surface area contributed by atoms with Crippen LogP contribution in [0.3, 0.4) is 0 Å². The molecule has 0 amide bonds. The molecular weight excluding hydrogens is 499 g/mol. The Labute approximate surface area is 193 Å². The van der Waals surface area contributed by atoms with Crippen molar-refractivity contribution in [1.29, 1.82) is 0 Å². The van der Waals surface area contributed by atoms with Crippen molar-refractivity contribution < 1.29 is 14.4 Å². The van der Waals surface area contributed by atoms with Crippen LogP contribution in [0.25, 0.3) is 0 Å². The highest BCUT2D eigenvalue weighted by Gasteiger charge is 2.21. The van der Waals surface area contributed by atoms with E-state index in [-0.39, 0.29) is 35.7 Å². The Morgan fingerprint density at radius 2 is 2.03 bits per heavy atom. The van der Waals surface area contributed by atoms with Gasteiger partial charge in [-0.15, -0.1) is 24.0 Å². The first kappa shape index (κ1) is 23.9. The van der Waals surface area contributed by atoms with E-state index in [1.165, 1.54) is 12.1 Å². The molecule has 0 radical (unpaired) electrons. The van der Waals surface area contributed by atoms with Crippen molar-refractivity contribution in [3.8, 4) is 5.75 Å². The lowest BCUT2D eigenvalue weighted by Gasteiger charge is -2.28. The van der Waals surface area contributed by atoms with Gasteiger partial charge >= 0.3 is 0 Å². The number of methoxy groups -OCH3 is 1. The van der Waals surface area contributed by atoms with Crippen LogP contribution >= 0.6 is 24.0 Å². The van der Waals surface area contributed by atoms with Gasteiger partial charge in [-0.3, -0.25) is 10.1 Å². The van der Waals surface area contributed by atoms with Crippen LogP contribution in [0.1, 0.15) is 30.0 Å². The minimum atomic E-state index is -0.403. The smallest absolute Gasteiger partial charge is 0.269 e. The van der Waals surface area contributed by atoms with Crippen molar-refractivity contribution in [2.45, 2.75) is 25.4 Å². The molecule has 2 N–H and O–H groups in total. The van der Waals surface area contributed by atoms with Crippen LogP contribution in [0.15, 0.2) is 53.5 Å². The molecule has 0 fully saturated rings. The van der Waals surface area contributed by atoms with Crippen LogP contribution in [0.5, 0.6) is 5.75 Å². The molecule has 0 spiro atoms. The van der Waals surface area contributed by atoms with Crippen molar-refractivity contribution in [3.63, 3.8) is 0 Å². The number of nitro benzene ring substituents is 1. The first-order chi connectivity index (χ1) is 14.2. The summed E-state index contributed by atoms with van der Waals surface area (Å²) in [5.41, 5.74) is 2.09.